The average Bonchev–Trinajstić information content (AvgIpc) is 2.86. The van der Waals surface area contributed by atoms with Gasteiger partial charge in [-0.1, -0.05) is 0 Å². The van der Waals surface area contributed by atoms with E-state index in [0.717, 1.165) is 11.8 Å². The van der Waals surface area contributed by atoms with Crippen molar-refractivity contribution in [2.75, 3.05) is 6.26 Å². The van der Waals surface area contributed by atoms with Crippen LogP contribution in [0.1, 0.15) is 52.0 Å². The maximum Gasteiger partial charge on any atom is 0.0543 e. The predicted octanol–water partition coefficient (Wildman–Crippen LogP) is 3.40. The van der Waals surface area contributed by atoms with Crippen LogP contribution in [-0.2, 0) is 12.1 Å². The SMILES string of the molecule is CSC1CCC(NCc2cnn(C(C)(C)C)c2)CC1. The fourth-order valence-electron chi connectivity index (χ4n) is 2.58. The monoisotopic (exact) mass is 281 g/mol. The quantitative estimate of drug-likeness (QED) is 0.917. The molecule has 1 aliphatic rings. The third kappa shape index (κ3) is 4.25. The summed E-state index contributed by atoms with van der Waals surface area (Å²) in [7, 11) is 0. The fraction of sp³-hybridized carbons (Fsp3) is 0.800. The second kappa shape index (κ2) is 6.31. The molecular formula is C15H27N3S. The summed E-state index contributed by atoms with van der Waals surface area (Å²) in [6, 6.07) is 0.696. The Hall–Kier alpha value is -0.480. The average molecular weight is 281 g/mol. The Balaban J connectivity index is 1.78. The predicted molar refractivity (Wildman–Crippen MR) is 83.6 cm³/mol. The Kier molecular flexibility index (Phi) is 4.96. The van der Waals surface area contributed by atoms with Gasteiger partial charge in [0.25, 0.3) is 0 Å². The van der Waals surface area contributed by atoms with Gasteiger partial charge in [0.15, 0.2) is 0 Å². The highest BCUT2D eigenvalue weighted by Gasteiger charge is 2.20. The van der Waals surface area contributed by atoms with Crippen LogP contribution in [0.2, 0.25) is 0 Å². The van der Waals surface area contributed by atoms with E-state index < -0.39 is 0 Å². The Morgan fingerprint density at radius 3 is 2.53 bits per heavy atom. The van der Waals surface area contributed by atoms with Gasteiger partial charge >= 0.3 is 0 Å². The molecule has 4 heteroatoms. The first kappa shape index (κ1) is 14.9. The molecule has 1 aromatic rings. The molecule has 1 saturated carbocycles. The van der Waals surface area contributed by atoms with Gasteiger partial charge in [0.05, 0.1) is 11.7 Å². The van der Waals surface area contributed by atoms with Crippen LogP contribution >= 0.6 is 11.8 Å². The standard InChI is InChI=1S/C15H27N3S/c1-15(2,3)18-11-12(10-17-18)9-16-13-5-7-14(19-4)8-6-13/h10-11,13-14,16H,5-9H2,1-4H3. The number of hydrogen-bond donors (Lipinski definition) is 1. The number of nitrogens with one attached hydrogen (secondary N) is 1. The van der Waals surface area contributed by atoms with E-state index in [9.17, 15) is 0 Å². The lowest BCUT2D eigenvalue weighted by Crippen LogP contribution is -2.33. The van der Waals surface area contributed by atoms with Crippen molar-refractivity contribution in [1.82, 2.24) is 15.1 Å². The molecule has 0 unspecified atom stereocenters. The van der Waals surface area contributed by atoms with E-state index in [0.29, 0.717) is 6.04 Å². The summed E-state index contributed by atoms with van der Waals surface area (Å²) in [5.41, 5.74) is 1.37. The highest BCUT2D eigenvalue weighted by molar-refractivity contribution is 7.99. The highest BCUT2D eigenvalue weighted by Crippen LogP contribution is 2.27. The van der Waals surface area contributed by atoms with Gasteiger partial charge in [-0.15, -0.1) is 0 Å². The largest absolute Gasteiger partial charge is 0.310 e. The van der Waals surface area contributed by atoms with E-state index in [1.165, 1.54) is 31.2 Å². The molecule has 0 amide bonds. The number of hydrogen-bond acceptors (Lipinski definition) is 3. The molecular weight excluding hydrogens is 254 g/mol. The van der Waals surface area contributed by atoms with Crippen LogP contribution in [0.25, 0.3) is 0 Å². The second-order valence-corrected chi connectivity index (χ2v) is 7.69. The Morgan fingerprint density at radius 2 is 2.00 bits per heavy atom. The minimum absolute atomic E-state index is 0.0780. The van der Waals surface area contributed by atoms with E-state index in [2.05, 4.69) is 48.3 Å². The fourth-order valence-corrected chi connectivity index (χ4v) is 3.33. The van der Waals surface area contributed by atoms with E-state index in [-0.39, 0.29) is 5.54 Å². The third-order valence-corrected chi connectivity index (χ3v) is 5.06. The van der Waals surface area contributed by atoms with E-state index in [1.807, 2.05) is 18.0 Å². The van der Waals surface area contributed by atoms with Gasteiger partial charge in [0, 0.05) is 29.6 Å². The summed E-state index contributed by atoms with van der Waals surface area (Å²) in [6.45, 7) is 7.49. The number of nitrogens with zero attached hydrogens (tertiary/aromatic N) is 2. The first-order valence-electron chi connectivity index (χ1n) is 7.29. The molecule has 0 aliphatic heterocycles. The highest BCUT2D eigenvalue weighted by atomic mass is 32.2. The minimum Gasteiger partial charge on any atom is -0.310 e. The lowest BCUT2D eigenvalue weighted by molar-refractivity contribution is 0.354. The normalized spacial score (nSPS) is 24.6. The first-order chi connectivity index (χ1) is 8.99. The molecule has 108 valence electrons. The smallest absolute Gasteiger partial charge is 0.0543 e. The molecule has 1 heterocycles. The van der Waals surface area contributed by atoms with Crippen LogP contribution in [0.15, 0.2) is 12.4 Å². The number of thioether (sulfide) groups is 1. The molecule has 0 bridgehead atoms. The molecule has 1 fully saturated rings. The van der Waals surface area contributed by atoms with Gasteiger partial charge in [-0.05, 0) is 52.7 Å². The Labute approximate surface area is 121 Å². The lowest BCUT2D eigenvalue weighted by Gasteiger charge is -2.28. The molecule has 2 rings (SSSR count). The summed E-state index contributed by atoms with van der Waals surface area (Å²) >= 11 is 2.03. The Morgan fingerprint density at radius 1 is 1.32 bits per heavy atom. The molecule has 1 aromatic heterocycles. The van der Waals surface area contributed by atoms with Crippen molar-refractivity contribution < 1.29 is 0 Å². The van der Waals surface area contributed by atoms with Gasteiger partial charge in [0.2, 0.25) is 0 Å². The van der Waals surface area contributed by atoms with Crippen molar-refractivity contribution in [3.63, 3.8) is 0 Å². The van der Waals surface area contributed by atoms with Crippen LogP contribution in [0.3, 0.4) is 0 Å². The maximum absolute atomic E-state index is 4.45. The van der Waals surface area contributed by atoms with Crippen LogP contribution < -0.4 is 5.32 Å². The third-order valence-electron chi connectivity index (χ3n) is 3.93. The summed E-state index contributed by atoms with van der Waals surface area (Å²) < 4.78 is 2.05. The number of aromatic nitrogens is 2. The summed E-state index contributed by atoms with van der Waals surface area (Å²) in [6.07, 6.45) is 11.8. The van der Waals surface area contributed by atoms with Crippen LogP contribution in [0.4, 0.5) is 0 Å². The molecule has 0 aromatic carbocycles. The van der Waals surface area contributed by atoms with Gasteiger partial charge in [-0.25, -0.2) is 0 Å². The number of rotatable bonds is 4. The van der Waals surface area contributed by atoms with Crippen LogP contribution in [-0.4, -0.2) is 27.3 Å². The lowest BCUT2D eigenvalue weighted by atomic mass is 9.95. The molecule has 1 aliphatic carbocycles. The molecule has 3 nitrogen and oxygen atoms in total. The van der Waals surface area contributed by atoms with Gasteiger partial charge < -0.3 is 5.32 Å². The topological polar surface area (TPSA) is 29.9 Å². The summed E-state index contributed by atoms with van der Waals surface area (Å²) in [4.78, 5) is 0. The van der Waals surface area contributed by atoms with Gasteiger partial charge in [0.1, 0.15) is 0 Å². The molecule has 1 N–H and O–H groups in total. The summed E-state index contributed by atoms with van der Waals surface area (Å²) in [5, 5.41) is 9.03. The minimum atomic E-state index is 0.0780. The zero-order valence-corrected chi connectivity index (χ0v) is 13.5. The zero-order chi connectivity index (χ0) is 13.9. The van der Waals surface area contributed by atoms with Crippen molar-refractivity contribution in [3.05, 3.63) is 18.0 Å². The van der Waals surface area contributed by atoms with Crippen molar-refractivity contribution in [1.29, 1.82) is 0 Å². The summed E-state index contributed by atoms with van der Waals surface area (Å²) in [5.74, 6) is 0. The van der Waals surface area contributed by atoms with E-state index in [4.69, 9.17) is 0 Å². The van der Waals surface area contributed by atoms with Crippen molar-refractivity contribution in [3.8, 4) is 0 Å². The van der Waals surface area contributed by atoms with E-state index >= 15 is 0 Å². The van der Waals surface area contributed by atoms with Crippen molar-refractivity contribution in [2.24, 2.45) is 0 Å². The van der Waals surface area contributed by atoms with Crippen LogP contribution in [0.5, 0.6) is 0 Å². The second-order valence-electron chi connectivity index (χ2n) is 6.55. The van der Waals surface area contributed by atoms with Crippen molar-refractivity contribution >= 4 is 11.8 Å². The Bertz CT molecular complexity index is 386. The van der Waals surface area contributed by atoms with Gasteiger partial charge in [-0.2, -0.15) is 16.9 Å². The maximum atomic E-state index is 4.45. The van der Waals surface area contributed by atoms with E-state index in [1.54, 1.807) is 0 Å². The van der Waals surface area contributed by atoms with Gasteiger partial charge in [-0.3, -0.25) is 4.68 Å². The molecule has 0 spiro atoms. The molecule has 0 saturated heterocycles. The molecule has 0 radical (unpaired) electrons. The van der Waals surface area contributed by atoms with Crippen LogP contribution in [0, 0.1) is 0 Å². The molecule has 0 atom stereocenters. The zero-order valence-electron chi connectivity index (χ0n) is 12.6. The molecule has 19 heavy (non-hydrogen) atoms. The first-order valence-corrected chi connectivity index (χ1v) is 8.58. The van der Waals surface area contributed by atoms with Crippen molar-refractivity contribution in [2.45, 2.75) is 69.8 Å².